The molecule has 154 valence electrons. The van der Waals surface area contributed by atoms with Gasteiger partial charge in [0.05, 0.1) is 10.6 Å². The summed E-state index contributed by atoms with van der Waals surface area (Å²) in [5, 5.41) is 5.08. The molecule has 2 bridgehead atoms. The third kappa shape index (κ3) is 3.89. The summed E-state index contributed by atoms with van der Waals surface area (Å²) in [6.45, 7) is 4.82. The molecule has 4 atom stereocenters. The van der Waals surface area contributed by atoms with Gasteiger partial charge in [0.1, 0.15) is 5.82 Å². The van der Waals surface area contributed by atoms with Crippen molar-refractivity contribution in [3.05, 3.63) is 70.3 Å². The first-order valence-electron chi connectivity index (χ1n) is 10.6. The maximum absolute atomic E-state index is 12.3. The highest BCUT2D eigenvalue weighted by atomic mass is 32.1. The number of fused-ring (bicyclic) bond motifs is 3. The lowest BCUT2D eigenvalue weighted by Gasteiger charge is -2.49. The molecule has 1 unspecified atom stereocenters. The number of amides is 1. The first kappa shape index (κ1) is 19.4. The van der Waals surface area contributed by atoms with E-state index in [0.717, 1.165) is 53.7 Å². The molecule has 1 aromatic carbocycles. The summed E-state index contributed by atoms with van der Waals surface area (Å²) in [4.78, 5) is 25.1. The number of carbonyl (C=O) groups excluding carboxylic acids is 1. The molecule has 3 fully saturated rings. The maximum Gasteiger partial charge on any atom is 0.261 e. The highest BCUT2D eigenvalue weighted by molar-refractivity contribution is 7.12. The van der Waals surface area contributed by atoms with Crippen LogP contribution in [0.2, 0.25) is 0 Å². The molecule has 3 aromatic rings. The van der Waals surface area contributed by atoms with Gasteiger partial charge in [-0.15, -0.1) is 11.3 Å². The van der Waals surface area contributed by atoms with Crippen LogP contribution in [0, 0.1) is 12.8 Å². The van der Waals surface area contributed by atoms with Crippen LogP contribution < -0.4 is 5.32 Å². The van der Waals surface area contributed by atoms with Gasteiger partial charge in [0, 0.05) is 36.3 Å². The Labute approximate surface area is 181 Å². The monoisotopic (exact) mass is 418 g/mol. The normalized spacial score (nSPS) is 25.2. The number of hydrogen-bond donors (Lipinski definition) is 1. The van der Waals surface area contributed by atoms with Gasteiger partial charge in [0.25, 0.3) is 5.91 Å². The maximum atomic E-state index is 12.3. The lowest BCUT2D eigenvalue weighted by Crippen LogP contribution is -2.56. The van der Waals surface area contributed by atoms with Gasteiger partial charge < -0.3 is 5.32 Å². The van der Waals surface area contributed by atoms with Crippen LogP contribution in [0.1, 0.15) is 39.9 Å². The van der Waals surface area contributed by atoms with Crippen LogP contribution in [-0.4, -0.2) is 46.5 Å². The minimum absolute atomic E-state index is 0.0446. The second kappa shape index (κ2) is 8.28. The second-order valence-corrected chi connectivity index (χ2v) is 9.27. The van der Waals surface area contributed by atoms with Gasteiger partial charge in [-0.25, -0.2) is 9.97 Å². The first-order valence-corrected chi connectivity index (χ1v) is 11.5. The number of carbonyl (C=O) groups is 1. The van der Waals surface area contributed by atoms with Crippen molar-refractivity contribution in [3.63, 3.8) is 0 Å². The Morgan fingerprint density at radius 2 is 2.07 bits per heavy atom. The lowest BCUT2D eigenvalue weighted by molar-refractivity contribution is 0.0290. The molecule has 3 aliphatic rings. The fourth-order valence-corrected chi connectivity index (χ4v) is 5.57. The van der Waals surface area contributed by atoms with E-state index in [1.54, 1.807) is 0 Å². The van der Waals surface area contributed by atoms with E-state index in [-0.39, 0.29) is 5.91 Å². The van der Waals surface area contributed by atoms with Crippen LogP contribution in [0.25, 0.3) is 11.3 Å². The standard InChI is InChI=1S/C24H26N4OS/c1-16-26-21(17-6-3-2-4-7-17)13-22(27-16)20-15-28-10-9-18(20)12-19(28)14-25-24(29)23-8-5-11-30-23/h2-8,11,13,18-20H,9-10,12,14-15H2,1H3,(H,25,29)/t18-,19+,20-/m0/s1. The third-order valence-corrected chi connectivity index (χ3v) is 7.30. The van der Waals surface area contributed by atoms with Gasteiger partial charge in [-0.3, -0.25) is 9.69 Å². The van der Waals surface area contributed by atoms with Crippen molar-refractivity contribution in [1.82, 2.24) is 20.2 Å². The van der Waals surface area contributed by atoms with Crippen LogP contribution in [0.3, 0.4) is 0 Å². The number of piperidine rings is 3. The van der Waals surface area contributed by atoms with Crippen LogP contribution in [0.5, 0.6) is 0 Å². The van der Waals surface area contributed by atoms with Gasteiger partial charge in [-0.2, -0.15) is 0 Å². The Kier molecular flexibility index (Phi) is 5.35. The number of aromatic nitrogens is 2. The molecule has 0 saturated carbocycles. The predicted molar refractivity (Wildman–Crippen MR) is 120 cm³/mol. The van der Waals surface area contributed by atoms with E-state index in [1.165, 1.54) is 17.8 Å². The Bertz CT molecular complexity index is 1020. The van der Waals surface area contributed by atoms with Crippen molar-refractivity contribution < 1.29 is 4.79 Å². The molecule has 30 heavy (non-hydrogen) atoms. The van der Waals surface area contributed by atoms with E-state index >= 15 is 0 Å². The molecule has 1 N–H and O–H groups in total. The predicted octanol–water partition coefficient (Wildman–Crippen LogP) is 4.12. The number of thiophene rings is 1. The fraction of sp³-hybridized carbons (Fsp3) is 0.375. The highest BCUT2D eigenvalue weighted by Crippen LogP contribution is 2.41. The summed E-state index contributed by atoms with van der Waals surface area (Å²) in [6, 6.07) is 16.7. The molecule has 3 saturated heterocycles. The molecule has 3 aliphatic heterocycles. The molecule has 0 radical (unpaired) electrons. The smallest absolute Gasteiger partial charge is 0.261 e. The molecule has 5 heterocycles. The zero-order valence-electron chi connectivity index (χ0n) is 17.1. The number of hydrogen-bond acceptors (Lipinski definition) is 5. The first-order chi connectivity index (χ1) is 14.7. The highest BCUT2D eigenvalue weighted by Gasteiger charge is 2.41. The van der Waals surface area contributed by atoms with Crippen LogP contribution in [0.15, 0.2) is 53.9 Å². The summed E-state index contributed by atoms with van der Waals surface area (Å²) in [5.74, 6) is 1.93. The molecule has 0 aliphatic carbocycles. The Balaban J connectivity index is 1.29. The van der Waals surface area contributed by atoms with Crippen molar-refractivity contribution in [3.8, 4) is 11.3 Å². The zero-order chi connectivity index (χ0) is 20.5. The molecule has 6 heteroatoms. The van der Waals surface area contributed by atoms with Gasteiger partial charge in [-0.05, 0) is 49.7 Å². The minimum atomic E-state index is 0.0446. The Hall–Kier alpha value is -2.57. The number of benzene rings is 1. The van der Waals surface area contributed by atoms with E-state index in [9.17, 15) is 4.79 Å². The molecule has 1 amide bonds. The molecule has 5 nitrogen and oxygen atoms in total. The summed E-state index contributed by atoms with van der Waals surface area (Å²) in [7, 11) is 0. The largest absolute Gasteiger partial charge is 0.350 e. The van der Waals surface area contributed by atoms with E-state index in [0.29, 0.717) is 17.9 Å². The summed E-state index contributed by atoms with van der Waals surface area (Å²) in [6.07, 6.45) is 2.31. The molecular formula is C24H26N4OS. The summed E-state index contributed by atoms with van der Waals surface area (Å²) in [5.41, 5.74) is 3.31. The van der Waals surface area contributed by atoms with Gasteiger partial charge in [0.15, 0.2) is 0 Å². The molecule has 2 aromatic heterocycles. The van der Waals surface area contributed by atoms with Gasteiger partial charge in [0.2, 0.25) is 0 Å². The quantitative estimate of drug-likeness (QED) is 0.677. The fourth-order valence-electron chi connectivity index (χ4n) is 4.93. The number of aryl methyl sites for hydroxylation is 1. The molecule has 6 rings (SSSR count). The number of rotatable bonds is 5. The van der Waals surface area contributed by atoms with E-state index in [1.807, 2.05) is 30.5 Å². The SMILES string of the molecule is Cc1nc(-c2ccccc2)cc([C@H]2CN3CC[C@H]2C[C@@H]3CNC(=O)c2cccs2)n1. The van der Waals surface area contributed by atoms with Crippen LogP contribution >= 0.6 is 11.3 Å². The number of nitrogens with zero attached hydrogens (tertiary/aromatic N) is 3. The summed E-state index contributed by atoms with van der Waals surface area (Å²) < 4.78 is 0. The Morgan fingerprint density at radius 1 is 1.20 bits per heavy atom. The van der Waals surface area contributed by atoms with Gasteiger partial charge in [-0.1, -0.05) is 36.4 Å². The summed E-state index contributed by atoms with van der Waals surface area (Å²) >= 11 is 1.49. The lowest BCUT2D eigenvalue weighted by atomic mass is 9.74. The Morgan fingerprint density at radius 3 is 2.80 bits per heavy atom. The van der Waals surface area contributed by atoms with Crippen molar-refractivity contribution in [2.45, 2.75) is 31.7 Å². The van der Waals surface area contributed by atoms with Crippen molar-refractivity contribution in [2.24, 2.45) is 5.92 Å². The molecule has 0 spiro atoms. The van der Waals surface area contributed by atoms with Crippen LogP contribution in [0.4, 0.5) is 0 Å². The third-order valence-electron chi connectivity index (χ3n) is 6.43. The average Bonchev–Trinajstić information content (AvgIpc) is 3.33. The van der Waals surface area contributed by atoms with E-state index in [4.69, 9.17) is 4.98 Å². The average molecular weight is 419 g/mol. The van der Waals surface area contributed by atoms with Gasteiger partial charge >= 0.3 is 0 Å². The minimum Gasteiger partial charge on any atom is -0.350 e. The van der Waals surface area contributed by atoms with Crippen molar-refractivity contribution in [2.75, 3.05) is 19.6 Å². The van der Waals surface area contributed by atoms with Crippen LogP contribution in [-0.2, 0) is 0 Å². The molecular weight excluding hydrogens is 392 g/mol. The van der Waals surface area contributed by atoms with Crippen molar-refractivity contribution >= 4 is 17.2 Å². The topological polar surface area (TPSA) is 58.1 Å². The second-order valence-electron chi connectivity index (χ2n) is 8.32. The van der Waals surface area contributed by atoms with E-state index < -0.39 is 0 Å². The van der Waals surface area contributed by atoms with E-state index in [2.05, 4.69) is 45.5 Å². The number of nitrogens with one attached hydrogen (secondary N) is 1. The zero-order valence-corrected chi connectivity index (χ0v) is 17.9. The van der Waals surface area contributed by atoms with Crippen molar-refractivity contribution in [1.29, 1.82) is 0 Å².